The Hall–Kier alpha value is -6.54. The molecule has 0 bridgehead atoms. The minimum absolute atomic E-state index is 0.000978. The number of carboxylic acid groups (broad SMARTS) is 2. The van der Waals surface area contributed by atoms with Gasteiger partial charge in [-0.1, -0.05) is 117 Å². The molecule has 320 valence electrons. The van der Waals surface area contributed by atoms with Gasteiger partial charge in [-0.05, 0) is 107 Å². The van der Waals surface area contributed by atoms with Crippen molar-refractivity contribution in [3.05, 3.63) is 161 Å². The average molecular weight is 839 g/mol. The highest BCUT2D eigenvalue weighted by Gasteiger charge is 2.45. The quantitative estimate of drug-likeness (QED) is 0.141. The molecule has 0 saturated carbocycles. The number of ether oxygens (including phenoxy) is 2. The molecule has 3 heterocycles. The largest absolute Gasteiger partial charge is 0.495 e. The third kappa shape index (κ3) is 6.91. The van der Waals surface area contributed by atoms with Crippen LogP contribution in [0.4, 0.5) is 11.4 Å². The molecule has 0 aromatic heterocycles. The Labute approximate surface area is 369 Å². The van der Waals surface area contributed by atoms with Crippen molar-refractivity contribution in [3.63, 3.8) is 0 Å². The SMILES string of the molecule is COc1cc2c3c(c4c(c2cc1N1CCC(CCC(=O)O)CC1C(=O)O)-c1ccccc1C4(C)C)C=CC(c1ccccc1)(c1ccc(N2CCC(c4ccccc4)CC2)cc1)O3. The first-order chi connectivity index (χ1) is 30.6. The second-order valence-electron chi connectivity index (χ2n) is 18.4. The van der Waals surface area contributed by atoms with E-state index in [1.54, 1.807) is 7.11 Å². The molecule has 1 aliphatic carbocycles. The molecule has 4 aliphatic rings. The van der Waals surface area contributed by atoms with Crippen LogP contribution in [-0.2, 0) is 20.6 Å². The van der Waals surface area contributed by atoms with E-state index >= 15 is 0 Å². The fourth-order valence-corrected chi connectivity index (χ4v) is 11.3. The Morgan fingerprint density at radius 3 is 2.17 bits per heavy atom. The number of rotatable bonds is 10. The number of carbonyl (C=O) groups is 2. The second-order valence-corrected chi connectivity index (χ2v) is 18.4. The molecule has 8 heteroatoms. The molecule has 3 atom stereocenters. The maximum Gasteiger partial charge on any atom is 0.326 e. The predicted octanol–water partition coefficient (Wildman–Crippen LogP) is 11.4. The van der Waals surface area contributed by atoms with Crippen molar-refractivity contribution in [2.45, 2.75) is 75.3 Å². The second kappa shape index (κ2) is 16.0. The highest BCUT2D eigenvalue weighted by atomic mass is 16.5. The van der Waals surface area contributed by atoms with Crippen molar-refractivity contribution in [1.82, 2.24) is 0 Å². The van der Waals surface area contributed by atoms with Crippen LogP contribution in [-0.4, -0.2) is 54.9 Å². The Morgan fingerprint density at radius 1 is 0.794 bits per heavy atom. The van der Waals surface area contributed by atoms with Crippen molar-refractivity contribution in [2.75, 3.05) is 36.5 Å². The van der Waals surface area contributed by atoms with Gasteiger partial charge in [0.05, 0.1) is 12.8 Å². The van der Waals surface area contributed by atoms with Gasteiger partial charge in [-0.2, -0.15) is 0 Å². The lowest BCUT2D eigenvalue weighted by Crippen LogP contribution is -2.47. The minimum atomic E-state index is -0.956. The van der Waals surface area contributed by atoms with Gasteiger partial charge in [0, 0.05) is 59.2 Å². The lowest BCUT2D eigenvalue weighted by Gasteiger charge is -2.40. The lowest BCUT2D eigenvalue weighted by atomic mass is 9.76. The zero-order chi connectivity index (χ0) is 43.5. The van der Waals surface area contributed by atoms with Crippen LogP contribution >= 0.6 is 0 Å². The fourth-order valence-electron chi connectivity index (χ4n) is 11.3. The average Bonchev–Trinajstić information content (AvgIpc) is 3.57. The predicted molar refractivity (Wildman–Crippen MR) is 250 cm³/mol. The summed E-state index contributed by atoms with van der Waals surface area (Å²) < 4.78 is 13.9. The molecule has 6 aromatic rings. The summed E-state index contributed by atoms with van der Waals surface area (Å²) in [5, 5.41) is 21.9. The van der Waals surface area contributed by atoms with Crippen molar-refractivity contribution in [3.8, 4) is 22.6 Å². The first-order valence-corrected chi connectivity index (χ1v) is 22.4. The summed E-state index contributed by atoms with van der Waals surface area (Å²) in [5.41, 5.74) is 9.76. The Morgan fingerprint density at radius 2 is 1.48 bits per heavy atom. The summed E-state index contributed by atoms with van der Waals surface area (Å²) in [4.78, 5) is 28.9. The van der Waals surface area contributed by atoms with E-state index in [-0.39, 0.29) is 17.8 Å². The van der Waals surface area contributed by atoms with Crippen molar-refractivity contribution >= 4 is 40.2 Å². The van der Waals surface area contributed by atoms with Crippen molar-refractivity contribution < 1.29 is 29.3 Å². The summed E-state index contributed by atoms with van der Waals surface area (Å²) in [6.45, 7) is 7.04. The van der Waals surface area contributed by atoms with Gasteiger partial charge in [0.1, 0.15) is 17.5 Å². The fraction of sp³-hybridized carbons (Fsp3) is 0.309. The number of hydrogen-bond acceptors (Lipinski definition) is 6. The first kappa shape index (κ1) is 40.5. The Bertz CT molecular complexity index is 2740. The molecule has 2 saturated heterocycles. The number of aliphatic carboxylic acids is 2. The summed E-state index contributed by atoms with van der Waals surface area (Å²) in [7, 11) is 1.64. The molecule has 10 rings (SSSR count). The van der Waals surface area contributed by atoms with E-state index in [9.17, 15) is 19.8 Å². The molecule has 2 fully saturated rings. The Balaban J connectivity index is 1.10. The highest BCUT2D eigenvalue weighted by Crippen LogP contribution is 2.59. The van der Waals surface area contributed by atoms with E-state index in [1.165, 1.54) is 22.4 Å². The molecule has 6 aromatic carbocycles. The number of anilines is 2. The van der Waals surface area contributed by atoms with Crippen molar-refractivity contribution in [2.24, 2.45) is 5.92 Å². The smallest absolute Gasteiger partial charge is 0.326 e. The molecular formula is C55H54N2O6. The molecular weight excluding hydrogens is 785 g/mol. The monoisotopic (exact) mass is 838 g/mol. The standard InChI is InChI=1S/C55H54N2O6/c1-54(2)45-17-11-10-16-41(45)50-43-33-46(57-31-25-35(18-23-49(58)59)32-47(57)53(60)61)48(62-3)34-44(43)52-42(51(50)54)24-28-55(63-52,38-14-8-5-9-15-38)39-19-21-40(22-20-39)56-29-26-37(27-30-56)36-12-6-4-7-13-36/h4-17,19-22,24,28,33-35,37,47H,18,23,25-27,29-32H2,1-3H3,(H,58,59)(H,60,61). The number of fused-ring (bicyclic) bond motifs is 8. The molecule has 63 heavy (non-hydrogen) atoms. The van der Waals surface area contributed by atoms with Crippen LogP contribution in [0.25, 0.3) is 28.0 Å². The topological polar surface area (TPSA) is 99.5 Å². The van der Waals surface area contributed by atoms with E-state index in [4.69, 9.17) is 9.47 Å². The first-order valence-electron chi connectivity index (χ1n) is 22.4. The van der Waals surface area contributed by atoms with Gasteiger partial charge in [-0.25, -0.2) is 4.79 Å². The van der Waals surface area contributed by atoms with E-state index in [0.29, 0.717) is 43.2 Å². The Kier molecular flexibility index (Phi) is 10.3. The number of benzene rings is 6. The summed E-state index contributed by atoms with van der Waals surface area (Å²) >= 11 is 0. The van der Waals surface area contributed by atoms with Crippen LogP contribution in [0.5, 0.6) is 11.5 Å². The molecule has 0 amide bonds. The van der Waals surface area contributed by atoms with E-state index in [0.717, 1.165) is 70.3 Å². The third-order valence-corrected chi connectivity index (χ3v) is 14.5. The maximum atomic E-state index is 13.0. The molecule has 8 nitrogen and oxygen atoms in total. The number of piperidine rings is 2. The van der Waals surface area contributed by atoms with Gasteiger partial charge < -0.3 is 29.5 Å². The van der Waals surface area contributed by atoms with E-state index < -0.39 is 23.6 Å². The number of carboxylic acids is 2. The summed E-state index contributed by atoms with van der Waals surface area (Å²) in [6, 6.07) is 42.2. The minimum Gasteiger partial charge on any atom is -0.495 e. The zero-order valence-corrected chi connectivity index (χ0v) is 36.2. The number of hydrogen-bond donors (Lipinski definition) is 2. The molecule has 0 radical (unpaired) electrons. The van der Waals surface area contributed by atoms with Gasteiger partial charge in [-0.15, -0.1) is 0 Å². The molecule has 3 aliphatic heterocycles. The van der Waals surface area contributed by atoms with Gasteiger partial charge in [0.15, 0.2) is 5.60 Å². The maximum absolute atomic E-state index is 13.0. The van der Waals surface area contributed by atoms with Crippen LogP contribution in [0.2, 0.25) is 0 Å². The van der Waals surface area contributed by atoms with Crippen LogP contribution < -0.4 is 19.3 Å². The summed E-state index contributed by atoms with van der Waals surface area (Å²) in [5.74, 6) is 0.114. The van der Waals surface area contributed by atoms with Crippen LogP contribution in [0.1, 0.15) is 91.7 Å². The highest BCUT2D eigenvalue weighted by molar-refractivity contribution is 6.10. The van der Waals surface area contributed by atoms with Gasteiger partial charge in [0.25, 0.3) is 0 Å². The number of nitrogens with zero attached hydrogens (tertiary/aromatic N) is 2. The lowest BCUT2D eigenvalue weighted by molar-refractivity contribution is -0.139. The van der Waals surface area contributed by atoms with Gasteiger partial charge in [-0.3, -0.25) is 4.79 Å². The van der Waals surface area contributed by atoms with Crippen LogP contribution in [0.15, 0.2) is 127 Å². The van der Waals surface area contributed by atoms with Crippen molar-refractivity contribution in [1.29, 1.82) is 0 Å². The van der Waals surface area contributed by atoms with Gasteiger partial charge in [0.2, 0.25) is 0 Å². The van der Waals surface area contributed by atoms with Crippen LogP contribution in [0.3, 0.4) is 0 Å². The zero-order valence-electron chi connectivity index (χ0n) is 36.2. The molecule has 3 unspecified atom stereocenters. The van der Waals surface area contributed by atoms with E-state index in [2.05, 4.69) is 140 Å². The molecule has 2 N–H and O–H groups in total. The molecule has 0 spiro atoms. The summed E-state index contributed by atoms with van der Waals surface area (Å²) in [6.07, 6.45) is 8.27. The normalized spacial score (nSPS) is 21.3. The van der Waals surface area contributed by atoms with Crippen LogP contribution in [0, 0.1) is 5.92 Å². The number of methoxy groups -OCH3 is 1. The third-order valence-electron chi connectivity index (χ3n) is 14.5. The van der Waals surface area contributed by atoms with E-state index in [1.807, 2.05) is 17.0 Å². The van der Waals surface area contributed by atoms with Gasteiger partial charge >= 0.3 is 11.9 Å².